The molecule has 0 bridgehead atoms. The van der Waals surface area contributed by atoms with Crippen molar-refractivity contribution in [1.82, 2.24) is 10.1 Å². The van der Waals surface area contributed by atoms with Crippen molar-refractivity contribution in [3.05, 3.63) is 105 Å². The van der Waals surface area contributed by atoms with E-state index in [1.165, 1.54) is 7.11 Å². The molecule has 3 aliphatic carbocycles. The van der Waals surface area contributed by atoms with Gasteiger partial charge in [-0.25, -0.2) is 0 Å². The zero-order valence-electron chi connectivity index (χ0n) is 32.0. The van der Waals surface area contributed by atoms with Crippen molar-refractivity contribution >= 4 is 37.3 Å². The Hall–Kier alpha value is -4.29. The van der Waals surface area contributed by atoms with Gasteiger partial charge in [0.25, 0.3) is 5.88 Å². The van der Waals surface area contributed by atoms with Gasteiger partial charge in [0.05, 0.1) is 29.7 Å². The number of benzene rings is 3. The van der Waals surface area contributed by atoms with Crippen LogP contribution in [0.5, 0.6) is 17.4 Å². The molecular weight excluding hydrogens is 724 g/mol. The summed E-state index contributed by atoms with van der Waals surface area (Å²) in [5.41, 5.74) is 0.632. The Kier molecular flexibility index (Phi) is 9.91. The van der Waals surface area contributed by atoms with Crippen LogP contribution >= 0.6 is 11.6 Å². The van der Waals surface area contributed by atoms with Crippen LogP contribution in [-0.2, 0) is 28.9 Å². The summed E-state index contributed by atoms with van der Waals surface area (Å²) in [5.74, 6) is -3.01. The second-order valence-corrected chi connectivity index (χ2v) is 21.5. The molecule has 54 heavy (non-hydrogen) atoms. The van der Waals surface area contributed by atoms with Crippen molar-refractivity contribution in [1.29, 1.82) is 0 Å². The van der Waals surface area contributed by atoms with E-state index < -0.39 is 55.1 Å². The zero-order valence-corrected chi connectivity index (χ0v) is 33.8. The molecule has 0 spiro atoms. The van der Waals surface area contributed by atoms with Crippen molar-refractivity contribution in [3.63, 3.8) is 0 Å². The van der Waals surface area contributed by atoms with Gasteiger partial charge in [0, 0.05) is 12.0 Å². The van der Waals surface area contributed by atoms with Crippen LogP contribution in [0.4, 0.5) is 0 Å². The second-order valence-electron chi connectivity index (χ2n) is 16.4. The summed E-state index contributed by atoms with van der Waals surface area (Å²) >= 11 is 6.96. The third-order valence-corrected chi connectivity index (χ3v) is 16.7. The van der Waals surface area contributed by atoms with Gasteiger partial charge < -0.3 is 23.2 Å². The van der Waals surface area contributed by atoms with Crippen LogP contribution in [0.1, 0.15) is 76.4 Å². The molecule has 0 N–H and O–H groups in total. The number of methoxy groups -OCH3 is 1. The molecule has 1 aromatic heterocycles. The molecule has 0 aliphatic heterocycles. The SMILES string of the molecule is COc1cc(OCc2ccccc2)c2c(c1Cl)C[C@H]1C[C@H]3[C@H](N(C)C)c4onc(OCc5ccccc5)c4C(=O)[C@@]3(O[Si](C)(C)C(C)(C)C)C(=O)C1C2=O. The minimum absolute atomic E-state index is 0.00641. The van der Waals surface area contributed by atoms with E-state index in [9.17, 15) is 0 Å². The molecule has 4 aromatic rings. The Labute approximate surface area is 322 Å². The number of halogens is 1. The minimum Gasteiger partial charge on any atom is -0.495 e. The van der Waals surface area contributed by atoms with E-state index >= 15 is 14.4 Å². The summed E-state index contributed by atoms with van der Waals surface area (Å²) in [5, 5.41) is 4.18. The van der Waals surface area contributed by atoms with Gasteiger partial charge in [0.2, 0.25) is 5.78 Å². The number of hydrogen-bond acceptors (Lipinski definition) is 10. The fourth-order valence-electron chi connectivity index (χ4n) is 8.17. The Morgan fingerprint density at radius 3 is 2.11 bits per heavy atom. The molecule has 10 nitrogen and oxygen atoms in total. The molecule has 12 heteroatoms. The third kappa shape index (κ3) is 6.19. The summed E-state index contributed by atoms with van der Waals surface area (Å²) in [6.45, 7) is 10.5. The maximum absolute atomic E-state index is 15.7. The molecular formula is C42H47ClN2O8Si. The Morgan fingerprint density at radius 1 is 0.926 bits per heavy atom. The first-order valence-electron chi connectivity index (χ1n) is 18.3. The number of fused-ring (bicyclic) bond motifs is 4. The van der Waals surface area contributed by atoms with E-state index in [0.29, 0.717) is 34.9 Å². The molecule has 0 amide bonds. The highest BCUT2D eigenvalue weighted by Crippen LogP contribution is 2.59. The van der Waals surface area contributed by atoms with Gasteiger partial charge in [0.1, 0.15) is 30.3 Å². The normalized spacial score (nSPS) is 23.7. The van der Waals surface area contributed by atoms with Gasteiger partial charge in [-0.05, 0) is 72.8 Å². The predicted molar refractivity (Wildman–Crippen MR) is 206 cm³/mol. The number of ether oxygens (including phenoxy) is 3. The average Bonchev–Trinajstić information content (AvgIpc) is 3.55. The Balaban J connectivity index is 1.37. The number of hydrogen-bond donors (Lipinski definition) is 0. The summed E-state index contributed by atoms with van der Waals surface area (Å²) in [7, 11) is 2.37. The van der Waals surface area contributed by atoms with Crippen molar-refractivity contribution in [3.8, 4) is 17.4 Å². The van der Waals surface area contributed by atoms with E-state index in [-0.39, 0.29) is 41.0 Å². The first-order valence-corrected chi connectivity index (χ1v) is 21.6. The van der Waals surface area contributed by atoms with E-state index in [2.05, 4.69) is 25.9 Å². The molecule has 1 saturated carbocycles. The molecule has 5 atom stereocenters. The van der Waals surface area contributed by atoms with E-state index in [1.807, 2.05) is 92.8 Å². The fourth-order valence-corrected chi connectivity index (χ4v) is 9.93. The molecule has 0 radical (unpaired) electrons. The molecule has 1 fully saturated rings. The summed E-state index contributed by atoms with van der Waals surface area (Å²) in [6, 6.07) is 20.1. The smallest absolute Gasteiger partial charge is 0.265 e. The molecule has 0 saturated heterocycles. The van der Waals surface area contributed by atoms with Crippen LogP contribution in [0, 0.1) is 17.8 Å². The lowest BCUT2D eigenvalue weighted by molar-refractivity contribution is -0.151. The molecule has 284 valence electrons. The monoisotopic (exact) mass is 770 g/mol. The second kappa shape index (κ2) is 14.1. The number of ketones is 3. The summed E-state index contributed by atoms with van der Waals surface area (Å²) in [6.07, 6.45) is 0.601. The van der Waals surface area contributed by atoms with Crippen LogP contribution in [0.15, 0.2) is 71.3 Å². The molecule has 3 aliphatic rings. The van der Waals surface area contributed by atoms with E-state index in [1.54, 1.807) is 6.07 Å². The van der Waals surface area contributed by atoms with Crippen molar-refractivity contribution in [2.75, 3.05) is 21.2 Å². The van der Waals surface area contributed by atoms with Crippen LogP contribution < -0.4 is 14.2 Å². The van der Waals surface area contributed by atoms with Crippen LogP contribution in [0.25, 0.3) is 0 Å². The average molecular weight is 771 g/mol. The topological polar surface area (TPSA) is 117 Å². The third-order valence-electron chi connectivity index (χ3n) is 11.8. The molecule has 7 rings (SSSR count). The van der Waals surface area contributed by atoms with Crippen LogP contribution in [0.3, 0.4) is 0 Å². The van der Waals surface area contributed by atoms with Crippen LogP contribution in [0.2, 0.25) is 23.2 Å². The first kappa shape index (κ1) is 38.0. The maximum Gasteiger partial charge on any atom is 0.265 e. The van der Waals surface area contributed by atoms with E-state index in [0.717, 1.165) is 11.1 Å². The van der Waals surface area contributed by atoms with Crippen LogP contribution in [-0.4, -0.2) is 62.5 Å². The number of Topliss-reactive ketones (excluding diaryl/α,β-unsaturated/α-hetero) is 3. The standard InChI is InChI=1S/C42H47ClN2O8Si/c1-41(2,3)54(7,8)53-42-28(35(45(4)5)37-33(39(42)48)40(44-52-37)51-23-25-17-13-10-14-18-25)20-26-19-27-32(36(46)31(26)38(42)47)29(21-30(49-6)34(27)43)50-22-24-15-11-9-12-16-24/h9-18,21,26,28,31,35H,19-20,22-23H2,1-8H3/t26-,28-,31?,35-,42-/m0/s1. The highest BCUT2D eigenvalue weighted by Gasteiger charge is 2.70. The van der Waals surface area contributed by atoms with Crippen molar-refractivity contribution in [2.45, 2.75) is 76.6 Å². The van der Waals surface area contributed by atoms with Gasteiger partial charge >= 0.3 is 0 Å². The quantitative estimate of drug-likeness (QED) is 0.115. The van der Waals surface area contributed by atoms with E-state index in [4.69, 9.17) is 34.8 Å². The Bertz CT molecular complexity index is 2090. The van der Waals surface area contributed by atoms with Crippen molar-refractivity contribution < 1.29 is 37.5 Å². The summed E-state index contributed by atoms with van der Waals surface area (Å²) in [4.78, 5) is 48.1. The molecule has 1 unspecified atom stereocenters. The van der Waals surface area contributed by atoms with Gasteiger partial charge in [-0.15, -0.1) is 0 Å². The highest BCUT2D eigenvalue weighted by atomic mass is 35.5. The lowest BCUT2D eigenvalue weighted by atomic mass is 9.54. The zero-order chi connectivity index (χ0) is 38.7. The van der Waals surface area contributed by atoms with Gasteiger partial charge in [-0.3, -0.25) is 19.3 Å². The number of carbonyl (C=O) groups is 3. The fraction of sp³-hybridized carbons (Fsp3) is 0.429. The highest BCUT2D eigenvalue weighted by molar-refractivity contribution is 6.74. The van der Waals surface area contributed by atoms with Crippen molar-refractivity contribution in [2.24, 2.45) is 17.8 Å². The van der Waals surface area contributed by atoms with Gasteiger partial charge in [-0.2, -0.15) is 0 Å². The lowest BCUT2D eigenvalue weighted by Gasteiger charge is -2.56. The molecule has 1 heterocycles. The number of nitrogens with zero attached hydrogens (tertiary/aromatic N) is 2. The predicted octanol–water partition coefficient (Wildman–Crippen LogP) is 8.31. The number of aromatic nitrogens is 1. The summed E-state index contributed by atoms with van der Waals surface area (Å²) < 4.78 is 31.3. The van der Waals surface area contributed by atoms with Gasteiger partial charge in [0.15, 0.2) is 31.2 Å². The lowest BCUT2D eigenvalue weighted by Crippen LogP contribution is -2.70. The Morgan fingerprint density at radius 2 is 1.54 bits per heavy atom. The number of rotatable bonds is 10. The van der Waals surface area contributed by atoms with Gasteiger partial charge in [-0.1, -0.05) is 93.0 Å². The largest absolute Gasteiger partial charge is 0.495 e. The number of carbonyl (C=O) groups excluding carboxylic acids is 3. The maximum atomic E-state index is 15.7. The molecule has 3 aromatic carbocycles. The first-order chi connectivity index (χ1) is 25.6. The minimum atomic E-state index is -2.91.